The first-order valence-corrected chi connectivity index (χ1v) is 3.97. The summed E-state index contributed by atoms with van der Waals surface area (Å²) in [5.74, 6) is 0. The van der Waals surface area contributed by atoms with Gasteiger partial charge in [-0.3, -0.25) is 0 Å². The lowest BCUT2D eigenvalue weighted by Gasteiger charge is -2.11. The molecule has 0 spiro atoms. The van der Waals surface area contributed by atoms with Crippen LogP contribution in [0.4, 0.5) is 0 Å². The topological polar surface area (TPSA) is 4.93 Å². The van der Waals surface area contributed by atoms with Crippen LogP contribution >= 0.6 is 0 Å². The Morgan fingerprint density at radius 3 is 2.40 bits per heavy atom. The Bertz CT molecular complexity index is 165. The zero-order valence-electron chi connectivity index (χ0n) is 6.75. The summed E-state index contributed by atoms with van der Waals surface area (Å²) in [6, 6.07) is 4.82. The molecule has 1 heterocycles. The summed E-state index contributed by atoms with van der Waals surface area (Å²) in [5, 5.41) is 0. The largest absolute Gasteiger partial charge is 0.352 e. The fourth-order valence-electron chi connectivity index (χ4n) is 1.21. The van der Waals surface area contributed by atoms with Gasteiger partial charge in [-0.05, 0) is 25.5 Å². The van der Waals surface area contributed by atoms with E-state index in [0.29, 0.717) is 6.04 Å². The highest BCUT2D eigenvalue weighted by Gasteiger charge is 1.98. The SMILES string of the molecule is CCCC(C)n1cccc1. The van der Waals surface area contributed by atoms with Crippen LogP contribution in [0.5, 0.6) is 0 Å². The number of hydrogen-bond acceptors (Lipinski definition) is 0. The Labute approximate surface area is 62.7 Å². The summed E-state index contributed by atoms with van der Waals surface area (Å²) in [6.45, 7) is 4.48. The molecule has 0 N–H and O–H groups in total. The quantitative estimate of drug-likeness (QED) is 0.603. The van der Waals surface area contributed by atoms with Gasteiger partial charge in [-0.1, -0.05) is 13.3 Å². The van der Waals surface area contributed by atoms with Gasteiger partial charge in [0, 0.05) is 18.4 Å². The summed E-state index contributed by atoms with van der Waals surface area (Å²) < 4.78 is 2.25. The van der Waals surface area contributed by atoms with E-state index in [1.54, 1.807) is 0 Å². The Hall–Kier alpha value is -0.720. The second-order valence-electron chi connectivity index (χ2n) is 2.77. The molecule has 1 unspecified atom stereocenters. The van der Waals surface area contributed by atoms with Crippen molar-refractivity contribution in [1.82, 2.24) is 4.57 Å². The van der Waals surface area contributed by atoms with Crippen LogP contribution in [0.15, 0.2) is 24.5 Å². The molecule has 10 heavy (non-hydrogen) atoms. The standard InChI is InChI=1S/C9H15N/c1-3-6-9(2)10-7-4-5-8-10/h4-5,7-9H,3,6H2,1-2H3. The minimum atomic E-state index is 0.667. The number of hydrogen-bond donors (Lipinski definition) is 0. The zero-order valence-corrected chi connectivity index (χ0v) is 6.75. The average Bonchev–Trinajstić information content (AvgIpc) is 2.38. The summed E-state index contributed by atoms with van der Waals surface area (Å²) >= 11 is 0. The maximum atomic E-state index is 2.25. The van der Waals surface area contributed by atoms with E-state index in [2.05, 4.69) is 42.9 Å². The molecule has 56 valence electrons. The van der Waals surface area contributed by atoms with Crippen molar-refractivity contribution in [3.63, 3.8) is 0 Å². The molecule has 1 rings (SSSR count). The molecule has 0 radical (unpaired) electrons. The minimum absolute atomic E-state index is 0.667. The predicted molar refractivity (Wildman–Crippen MR) is 44.1 cm³/mol. The number of aromatic nitrogens is 1. The lowest BCUT2D eigenvalue weighted by atomic mass is 10.2. The van der Waals surface area contributed by atoms with Gasteiger partial charge in [0.2, 0.25) is 0 Å². The van der Waals surface area contributed by atoms with E-state index < -0.39 is 0 Å². The van der Waals surface area contributed by atoms with Crippen LogP contribution in [0.1, 0.15) is 32.7 Å². The van der Waals surface area contributed by atoms with Crippen molar-refractivity contribution in [2.45, 2.75) is 32.7 Å². The maximum Gasteiger partial charge on any atom is 0.0302 e. The highest BCUT2D eigenvalue weighted by molar-refractivity contribution is 4.92. The van der Waals surface area contributed by atoms with Gasteiger partial charge in [0.05, 0.1) is 0 Å². The van der Waals surface area contributed by atoms with Gasteiger partial charge >= 0.3 is 0 Å². The van der Waals surface area contributed by atoms with Crippen LogP contribution in [-0.2, 0) is 0 Å². The van der Waals surface area contributed by atoms with Gasteiger partial charge in [0.1, 0.15) is 0 Å². The molecular weight excluding hydrogens is 122 g/mol. The van der Waals surface area contributed by atoms with Gasteiger partial charge in [-0.25, -0.2) is 0 Å². The second kappa shape index (κ2) is 3.45. The van der Waals surface area contributed by atoms with Crippen LogP contribution in [0.25, 0.3) is 0 Å². The van der Waals surface area contributed by atoms with E-state index in [0.717, 1.165) is 0 Å². The molecule has 1 aromatic rings. The molecule has 0 aliphatic rings. The van der Waals surface area contributed by atoms with Gasteiger partial charge in [0.15, 0.2) is 0 Å². The molecule has 0 saturated heterocycles. The minimum Gasteiger partial charge on any atom is -0.352 e. The molecule has 1 atom stereocenters. The zero-order chi connectivity index (χ0) is 7.40. The molecule has 0 aromatic carbocycles. The molecule has 1 heteroatoms. The summed E-state index contributed by atoms with van der Waals surface area (Å²) in [4.78, 5) is 0. The van der Waals surface area contributed by atoms with Gasteiger partial charge in [0.25, 0.3) is 0 Å². The Morgan fingerprint density at radius 1 is 1.30 bits per heavy atom. The van der Waals surface area contributed by atoms with Crippen molar-refractivity contribution >= 4 is 0 Å². The average molecular weight is 137 g/mol. The number of nitrogens with zero attached hydrogens (tertiary/aromatic N) is 1. The van der Waals surface area contributed by atoms with Crippen molar-refractivity contribution < 1.29 is 0 Å². The Kier molecular flexibility index (Phi) is 2.55. The van der Waals surface area contributed by atoms with E-state index in [4.69, 9.17) is 0 Å². The highest BCUT2D eigenvalue weighted by Crippen LogP contribution is 2.11. The van der Waals surface area contributed by atoms with Crippen molar-refractivity contribution in [3.8, 4) is 0 Å². The molecule has 0 amide bonds. The van der Waals surface area contributed by atoms with E-state index in [-0.39, 0.29) is 0 Å². The number of rotatable bonds is 3. The maximum absolute atomic E-state index is 2.25. The fraction of sp³-hybridized carbons (Fsp3) is 0.556. The molecule has 0 aliphatic heterocycles. The van der Waals surface area contributed by atoms with Crippen molar-refractivity contribution in [1.29, 1.82) is 0 Å². The van der Waals surface area contributed by atoms with Crippen LogP contribution < -0.4 is 0 Å². The third-order valence-corrected chi connectivity index (χ3v) is 1.84. The van der Waals surface area contributed by atoms with Crippen LogP contribution in [0.2, 0.25) is 0 Å². The van der Waals surface area contributed by atoms with E-state index in [1.165, 1.54) is 12.8 Å². The van der Waals surface area contributed by atoms with Gasteiger partial charge < -0.3 is 4.57 Å². The van der Waals surface area contributed by atoms with Crippen LogP contribution in [0.3, 0.4) is 0 Å². The molecular formula is C9H15N. The summed E-state index contributed by atoms with van der Waals surface area (Å²) in [7, 11) is 0. The first-order chi connectivity index (χ1) is 4.84. The fourth-order valence-corrected chi connectivity index (χ4v) is 1.21. The third kappa shape index (κ3) is 1.63. The van der Waals surface area contributed by atoms with Crippen molar-refractivity contribution in [3.05, 3.63) is 24.5 Å². The first-order valence-electron chi connectivity index (χ1n) is 3.97. The highest BCUT2D eigenvalue weighted by atomic mass is 15.0. The van der Waals surface area contributed by atoms with Gasteiger partial charge in [-0.15, -0.1) is 0 Å². The van der Waals surface area contributed by atoms with Crippen LogP contribution in [-0.4, -0.2) is 4.57 Å². The van der Waals surface area contributed by atoms with Crippen molar-refractivity contribution in [2.75, 3.05) is 0 Å². The monoisotopic (exact) mass is 137 g/mol. The molecule has 1 nitrogen and oxygen atoms in total. The third-order valence-electron chi connectivity index (χ3n) is 1.84. The molecule has 0 bridgehead atoms. The lowest BCUT2D eigenvalue weighted by molar-refractivity contribution is 0.502. The normalized spacial score (nSPS) is 13.4. The lowest BCUT2D eigenvalue weighted by Crippen LogP contribution is -2.00. The van der Waals surface area contributed by atoms with Crippen molar-refractivity contribution in [2.24, 2.45) is 0 Å². The van der Waals surface area contributed by atoms with Crippen LogP contribution in [0, 0.1) is 0 Å². The van der Waals surface area contributed by atoms with E-state index in [9.17, 15) is 0 Å². The summed E-state index contributed by atoms with van der Waals surface area (Å²) in [5.41, 5.74) is 0. The molecule has 0 aliphatic carbocycles. The first kappa shape index (κ1) is 7.39. The van der Waals surface area contributed by atoms with Gasteiger partial charge in [-0.2, -0.15) is 0 Å². The Balaban J connectivity index is 2.50. The predicted octanol–water partition coefficient (Wildman–Crippen LogP) is 2.85. The summed E-state index contributed by atoms with van der Waals surface area (Å²) in [6.07, 6.45) is 6.79. The van der Waals surface area contributed by atoms with E-state index >= 15 is 0 Å². The Morgan fingerprint density at radius 2 is 1.90 bits per heavy atom. The molecule has 0 fully saturated rings. The molecule has 0 saturated carbocycles. The molecule has 1 aromatic heterocycles. The second-order valence-corrected chi connectivity index (χ2v) is 2.77. The van der Waals surface area contributed by atoms with E-state index in [1.807, 2.05) is 0 Å². The smallest absolute Gasteiger partial charge is 0.0302 e.